The van der Waals surface area contributed by atoms with E-state index in [2.05, 4.69) is 6.92 Å². The third kappa shape index (κ3) is 10.2. The lowest BCUT2D eigenvalue weighted by Gasteiger charge is -2.06. The molecule has 2 nitrogen and oxygen atoms in total. The summed E-state index contributed by atoms with van der Waals surface area (Å²) in [4.78, 5) is 12.5. The van der Waals surface area contributed by atoms with E-state index in [-0.39, 0.29) is 5.78 Å². The van der Waals surface area contributed by atoms with Gasteiger partial charge in [-0.3, -0.25) is 4.79 Å². The summed E-state index contributed by atoms with van der Waals surface area (Å²) in [5.74, 6) is 1.12. The number of ether oxygens (including phenoxy) is 1. The van der Waals surface area contributed by atoms with E-state index in [1.54, 1.807) is 7.11 Å². The molecule has 0 aromatic heterocycles. The van der Waals surface area contributed by atoms with Crippen LogP contribution in [0.15, 0.2) is 48.5 Å². The Kier molecular flexibility index (Phi) is 12.7. The Morgan fingerprint density at radius 3 is 1.48 bits per heavy atom. The molecule has 2 heteroatoms. The Hall–Kier alpha value is -2.09. The molecule has 0 saturated carbocycles. The lowest BCUT2D eigenvalue weighted by atomic mass is 9.99. The highest BCUT2D eigenvalue weighted by Crippen LogP contribution is 2.23. The van der Waals surface area contributed by atoms with Crippen LogP contribution in [0.2, 0.25) is 0 Å². The molecular weight excluding hydrogens is 380 g/mol. The first-order chi connectivity index (χ1) is 15.2. The molecule has 31 heavy (non-hydrogen) atoms. The van der Waals surface area contributed by atoms with Crippen LogP contribution in [0.3, 0.4) is 0 Å². The van der Waals surface area contributed by atoms with Gasteiger partial charge in [0.2, 0.25) is 0 Å². The van der Waals surface area contributed by atoms with Gasteiger partial charge in [-0.25, -0.2) is 0 Å². The third-order valence-electron chi connectivity index (χ3n) is 6.14. The second-order valence-electron chi connectivity index (χ2n) is 8.72. The molecule has 2 aromatic rings. The Balaban J connectivity index is 1.53. The smallest absolute Gasteiger partial charge is 0.162 e. The predicted octanol–water partition coefficient (Wildman–Crippen LogP) is 9.03. The van der Waals surface area contributed by atoms with E-state index in [0.717, 1.165) is 28.9 Å². The van der Waals surface area contributed by atoms with Crippen LogP contribution in [0.1, 0.15) is 107 Å². The molecule has 0 unspecified atom stereocenters. The maximum Gasteiger partial charge on any atom is 0.162 e. The van der Waals surface area contributed by atoms with Crippen LogP contribution in [-0.2, 0) is 0 Å². The minimum absolute atomic E-state index is 0.268. The van der Waals surface area contributed by atoms with Crippen LogP contribution in [0, 0.1) is 0 Å². The first-order valence-electron chi connectivity index (χ1n) is 12.5. The van der Waals surface area contributed by atoms with Gasteiger partial charge in [0, 0.05) is 12.0 Å². The number of methoxy groups -OCH3 is 1. The molecule has 0 radical (unpaired) electrons. The molecule has 170 valence electrons. The van der Waals surface area contributed by atoms with Crippen LogP contribution in [-0.4, -0.2) is 12.9 Å². The average Bonchev–Trinajstić information content (AvgIpc) is 2.82. The Morgan fingerprint density at radius 1 is 0.613 bits per heavy atom. The van der Waals surface area contributed by atoms with Crippen molar-refractivity contribution in [3.8, 4) is 16.9 Å². The van der Waals surface area contributed by atoms with Crippen LogP contribution in [0.5, 0.6) is 5.75 Å². The van der Waals surface area contributed by atoms with Gasteiger partial charge in [0.05, 0.1) is 7.11 Å². The maximum absolute atomic E-state index is 12.5. The van der Waals surface area contributed by atoms with Crippen molar-refractivity contribution in [1.82, 2.24) is 0 Å². The Bertz CT molecular complexity index is 715. The van der Waals surface area contributed by atoms with Crippen molar-refractivity contribution < 1.29 is 9.53 Å². The van der Waals surface area contributed by atoms with Crippen LogP contribution >= 0.6 is 0 Å². The van der Waals surface area contributed by atoms with Crippen molar-refractivity contribution in [2.45, 2.75) is 96.8 Å². The van der Waals surface area contributed by atoms with E-state index in [9.17, 15) is 4.79 Å². The zero-order valence-corrected chi connectivity index (χ0v) is 19.8. The molecule has 0 aliphatic heterocycles. The van der Waals surface area contributed by atoms with Gasteiger partial charge < -0.3 is 4.74 Å². The van der Waals surface area contributed by atoms with Crippen molar-refractivity contribution >= 4 is 5.78 Å². The highest BCUT2D eigenvalue weighted by atomic mass is 16.5. The number of benzene rings is 2. The molecule has 0 saturated heterocycles. The van der Waals surface area contributed by atoms with Crippen molar-refractivity contribution in [1.29, 1.82) is 0 Å². The molecular formula is C29H42O2. The van der Waals surface area contributed by atoms with Gasteiger partial charge in [0.15, 0.2) is 5.78 Å². The number of carbonyl (C=O) groups excluding carboxylic acids is 1. The number of hydrogen-bond acceptors (Lipinski definition) is 2. The van der Waals surface area contributed by atoms with E-state index in [0.29, 0.717) is 6.42 Å². The molecule has 0 spiro atoms. The normalized spacial score (nSPS) is 10.9. The monoisotopic (exact) mass is 422 g/mol. The summed E-state index contributed by atoms with van der Waals surface area (Å²) in [6, 6.07) is 16.0. The summed E-state index contributed by atoms with van der Waals surface area (Å²) in [6.45, 7) is 2.28. The quantitative estimate of drug-likeness (QED) is 0.188. The minimum atomic E-state index is 0.268. The number of Topliss-reactive ketones (excluding diaryl/α,β-unsaturated/α-hetero) is 1. The molecule has 0 amide bonds. The van der Waals surface area contributed by atoms with Crippen LogP contribution in [0.25, 0.3) is 11.1 Å². The van der Waals surface area contributed by atoms with Gasteiger partial charge in [-0.2, -0.15) is 0 Å². The number of carbonyl (C=O) groups is 1. The first-order valence-corrected chi connectivity index (χ1v) is 12.5. The molecule has 0 aliphatic rings. The van der Waals surface area contributed by atoms with E-state index in [4.69, 9.17) is 4.74 Å². The summed E-state index contributed by atoms with van der Waals surface area (Å²) in [7, 11) is 1.67. The third-order valence-corrected chi connectivity index (χ3v) is 6.14. The first kappa shape index (κ1) is 25.2. The standard InChI is InChI=1S/C29H42O2/c1-3-4-5-6-7-8-9-10-11-12-13-14-15-16-29(30)27-19-17-25(18-20-27)26-21-23-28(31-2)24-22-26/h17-24H,3-16H2,1-2H3. The maximum atomic E-state index is 12.5. The van der Waals surface area contributed by atoms with Gasteiger partial charge in [-0.1, -0.05) is 120 Å². The van der Waals surface area contributed by atoms with Crippen molar-refractivity contribution in [3.63, 3.8) is 0 Å². The van der Waals surface area contributed by atoms with Crippen LogP contribution in [0.4, 0.5) is 0 Å². The van der Waals surface area contributed by atoms with E-state index >= 15 is 0 Å². The molecule has 2 aromatic carbocycles. The zero-order valence-electron chi connectivity index (χ0n) is 19.8. The molecule has 0 fully saturated rings. The molecule has 0 bridgehead atoms. The summed E-state index contributed by atoms with van der Waals surface area (Å²) < 4.78 is 5.21. The Labute approximate surface area is 190 Å². The summed E-state index contributed by atoms with van der Waals surface area (Å²) in [5, 5.41) is 0. The Morgan fingerprint density at radius 2 is 1.03 bits per heavy atom. The van der Waals surface area contributed by atoms with Crippen LogP contribution < -0.4 is 4.74 Å². The van der Waals surface area contributed by atoms with Gasteiger partial charge in [0.1, 0.15) is 5.75 Å². The van der Waals surface area contributed by atoms with Crippen molar-refractivity contribution in [2.75, 3.05) is 7.11 Å². The fourth-order valence-electron chi connectivity index (χ4n) is 4.08. The lowest BCUT2D eigenvalue weighted by molar-refractivity contribution is 0.0979. The van der Waals surface area contributed by atoms with E-state index in [1.165, 1.54) is 77.0 Å². The van der Waals surface area contributed by atoms with Gasteiger partial charge in [-0.05, 0) is 29.7 Å². The fraction of sp³-hybridized carbons (Fsp3) is 0.552. The second kappa shape index (κ2) is 15.7. The SMILES string of the molecule is CCCCCCCCCCCCCCCC(=O)c1ccc(-c2ccc(OC)cc2)cc1. The number of hydrogen-bond donors (Lipinski definition) is 0. The van der Waals surface area contributed by atoms with E-state index < -0.39 is 0 Å². The van der Waals surface area contributed by atoms with Gasteiger partial charge in [0.25, 0.3) is 0 Å². The topological polar surface area (TPSA) is 26.3 Å². The average molecular weight is 423 g/mol. The molecule has 0 aliphatic carbocycles. The molecule has 2 rings (SSSR count). The summed E-state index contributed by atoms with van der Waals surface area (Å²) in [6.07, 6.45) is 18.0. The number of ketones is 1. The lowest BCUT2D eigenvalue weighted by Crippen LogP contribution is -1.98. The van der Waals surface area contributed by atoms with Crippen molar-refractivity contribution in [2.24, 2.45) is 0 Å². The second-order valence-corrected chi connectivity index (χ2v) is 8.72. The van der Waals surface area contributed by atoms with Gasteiger partial charge in [-0.15, -0.1) is 0 Å². The number of unbranched alkanes of at least 4 members (excludes halogenated alkanes) is 12. The predicted molar refractivity (Wildman–Crippen MR) is 133 cm³/mol. The number of rotatable bonds is 17. The fourth-order valence-corrected chi connectivity index (χ4v) is 4.08. The summed E-state index contributed by atoms with van der Waals surface area (Å²) >= 11 is 0. The zero-order chi connectivity index (χ0) is 22.2. The molecule has 0 atom stereocenters. The van der Waals surface area contributed by atoms with Gasteiger partial charge >= 0.3 is 0 Å². The highest BCUT2D eigenvalue weighted by Gasteiger charge is 2.06. The van der Waals surface area contributed by atoms with E-state index in [1.807, 2.05) is 48.5 Å². The molecule has 0 heterocycles. The highest BCUT2D eigenvalue weighted by molar-refractivity contribution is 5.96. The minimum Gasteiger partial charge on any atom is -0.497 e. The molecule has 0 N–H and O–H groups in total. The van der Waals surface area contributed by atoms with Crippen molar-refractivity contribution in [3.05, 3.63) is 54.1 Å². The largest absolute Gasteiger partial charge is 0.497 e. The summed E-state index contributed by atoms with van der Waals surface area (Å²) in [5.41, 5.74) is 3.09.